The highest BCUT2D eigenvalue weighted by molar-refractivity contribution is 6.37. The topological polar surface area (TPSA) is 60.3 Å². The van der Waals surface area contributed by atoms with E-state index in [0.29, 0.717) is 29.0 Å². The first-order valence-corrected chi connectivity index (χ1v) is 9.44. The van der Waals surface area contributed by atoms with Crippen LogP contribution in [-0.4, -0.2) is 30.6 Å². The van der Waals surface area contributed by atoms with Crippen LogP contribution >= 0.6 is 23.2 Å². The number of halogens is 2. The molecule has 0 heterocycles. The van der Waals surface area contributed by atoms with E-state index in [1.54, 1.807) is 6.21 Å². The van der Waals surface area contributed by atoms with Gasteiger partial charge in [-0.1, -0.05) is 28.4 Å². The maximum atomic E-state index is 9.40. The summed E-state index contributed by atoms with van der Waals surface area (Å²) in [7, 11) is 0. The maximum absolute atomic E-state index is 9.40. The SMILES string of the molecule is CC(C)ON=Cc1ccc(OCCCCOc2c(Cl)cc(O)cc2Cl)cc1. The number of aromatic hydroxyl groups is 1. The van der Waals surface area contributed by atoms with Gasteiger partial charge >= 0.3 is 0 Å². The van der Waals surface area contributed by atoms with Crippen LogP contribution in [0.1, 0.15) is 32.3 Å². The first kappa shape index (κ1) is 21.2. The van der Waals surface area contributed by atoms with Gasteiger partial charge in [-0.2, -0.15) is 0 Å². The fourth-order valence-electron chi connectivity index (χ4n) is 2.12. The number of hydrogen-bond donors (Lipinski definition) is 1. The molecule has 1 N–H and O–H groups in total. The maximum Gasteiger partial charge on any atom is 0.156 e. The molecule has 0 aromatic heterocycles. The highest BCUT2D eigenvalue weighted by Crippen LogP contribution is 2.36. The van der Waals surface area contributed by atoms with Gasteiger partial charge < -0.3 is 19.4 Å². The van der Waals surface area contributed by atoms with Crippen LogP contribution in [0, 0.1) is 0 Å². The van der Waals surface area contributed by atoms with Gasteiger partial charge in [0.1, 0.15) is 17.6 Å². The third-order valence-electron chi connectivity index (χ3n) is 3.39. The van der Waals surface area contributed by atoms with Crippen molar-refractivity contribution in [1.29, 1.82) is 0 Å². The van der Waals surface area contributed by atoms with Crippen molar-refractivity contribution in [1.82, 2.24) is 0 Å². The molecular formula is C20H23Cl2NO4. The number of hydrogen-bond acceptors (Lipinski definition) is 5. The Bertz CT molecular complexity index is 725. The van der Waals surface area contributed by atoms with Crippen LogP contribution in [0.4, 0.5) is 0 Å². The second-order valence-electron chi connectivity index (χ2n) is 6.10. The van der Waals surface area contributed by atoms with E-state index in [1.165, 1.54) is 12.1 Å². The van der Waals surface area contributed by atoms with Gasteiger partial charge in [0.05, 0.1) is 29.5 Å². The predicted octanol–water partition coefficient (Wildman–Crippen LogP) is 5.70. The van der Waals surface area contributed by atoms with Crippen molar-refractivity contribution in [3.8, 4) is 17.2 Å². The van der Waals surface area contributed by atoms with Gasteiger partial charge in [-0.15, -0.1) is 0 Å². The molecule has 0 saturated carbocycles. The Labute approximate surface area is 169 Å². The number of phenolic OH excluding ortho intramolecular Hbond substituents is 1. The Morgan fingerprint density at radius 1 is 1.00 bits per heavy atom. The molecule has 0 aliphatic rings. The summed E-state index contributed by atoms with van der Waals surface area (Å²) in [6.45, 7) is 4.88. The van der Waals surface area contributed by atoms with Crippen molar-refractivity contribution in [3.05, 3.63) is 52.0 Å². The number of phenols is 1. The number of oxime groups is 1. The van der Waals surface area contributed by atoms with Gasteiger partial charge in [0.25, 0.3) is 0 Å². The number of nitrogens with zero attached hydrogens (tertiary/aromatic N) is 1. The van der Waals surface area contributed by atoms with Crippen LogP contribution in [0.2, 0.25) is 10.0 Å². The van der Waals surface area contributed by atoms with E-state index in [9.17, 15) is 5.11 Å². The number of unbranched alkanes of at least 4 members (excludes halogenated alkanes) is 1. The lowest BCUT2D eigenvalue weighted by atomic mass is 10.2. The lowest BCUT2D eigenvalue weighted by molar-refractivity contribution is 0.0873. The Hall–Kier alpha value is -2.11. The average Bonchev–Trinajstić information content (AvgIpc) is 2.60. The summed E-state index contributed by atoms with van der Waals surface area (Å²) < 4.78 is 11.3. The first-order chi connectivity index (χ1) is 13.0. The normalized spacial score (nSPS) is 11.1. The van der Waals surface area contributed by atoms with Crippen molar-refractivity contribution in [2.45, 2.75) is 32.8 Å². The van der Waals surface area contributed by atoms with Crippen molar-refractivity contribution in [3.63, 3.8) is 0 Å². The Kier molecular flexibility index (Phi) is 8.55. The van der Waals surface area contributed by atoms with Gasteiger partial charge in [0.15, 0.2) is 5.75 Å². The summed E-state index contributed by atoms with van der Waals surface area (Å²) in [6.07, 6.45) is 3.33. The Morgan fingerprint density at radius 2 is 1.59 bits per heavy atom. The van der Waals surface area contributed by atoms with Gasteiger partial charge in [-0.3, -0.25) is 0 Å². The smallest absolute Gasteiger partial charge is 0.156 e. The third-order valence-corrected chi connectivity index (χ3v) is 3.95. The van der Waals surface area contributed by atoms with Gasteiger partial charge in [-0.25, -0.2) is 0 Å². The monoisotopic (exact) mass is 411 g/mol. The van der Waals surface area contributed by atoms with Crippen LogP contribution in [0.3, 0.4) is 0 Å². The summed E-state index contributed by atoms with van der Waals surface area (Å²) in [5.74, 6) is 1.19. The van der Waals surface area contributed by atoms with Gasteiger partial charge in [-0.05, 0) is 56.5 Å². The van der Waals surface area contributed by atoms with Crippen molar-refractivity contribution in [2.24, 2.45) is 5.16 Å². The number of rotatable bonds is 10. The molecule has 2 aromatic carbocycles. The minimum absolute atomic E-state index is 0.00971. The van der Waals surface area contributed by atoms with Crippen LogP contribution in [0.25, 0.3) is 0 Å². The minimum atomic E-state index is 0.00971. The van der Waals surface area contributed by atoms with Crippen LogP contribution < -0.4 is 9.47 Å². The van der Waals surface area contributed by atoms with E-state index in [4.69, 9.17) is 37.5 Å². The zero-order valence-electron chi connectivity index (χ0n) is 15.3. The lowest BCUT2D eigenvalue weighted by Gasteiger charge is -2.11. The zero-order chi connectivity index (χ0) is 19.6. The van der Waals surface area contributed by atoms with Crippen LogP contribution in [0.15, 0.2) is 41.6 Å². The molecule has 0 atom stereocenters. The number of benzene rings is 2. The highest BCUT2D eigenvalue weighted by Gasteiger charge is 2.09. The summed E-state index contributed by atoms with van der Waals surface area (Å²) in [5, 5.41) is 13.9. The zero-order valence-corrected chi connectivity index (χ0v) is 16.8. The lowest BCUT2D eigenvalue weighted by Crippen LogP contribution is -2.03. The Balaban J connectivity index is 1.66. The predicted molar refractivity (Wildman–Crippen MR) is 109 cm³/mol. The van der Waals surface area contributed by atoms with Crippen LogP contribution in [0.5, 0.6) is 17.2 Å². The van der Waals surface area contributed by atoms with E-state index < -0.39 is 0 Å². The largest absolute Gasteiger partial charge is 0.508 e. The molecule has 0 radical (unpaired) electrons. The molecule has 2 rings (SSSR count). The molecule has 0 aliphatic heterocycles. The molecule has 0 saturated heterocycles. The standard InChI is InChI=1S/C20H23Cl2NO4/c1-14(2)27-23-13-15-5-7-17(8-6-15)25-9-3-4-10-26-20-18(21)11-16(24)12-19(20)22/h5-8,11-14,24H,3-4,9-10H2,1-2H3. The molecule has 0 unspecified atom stereocenters. The molecule has 0 fully saturated rings. The second kappa shape index (κ2) is 10.9. The first-order valence-electron chi connectivity index (χ1n) is 8.68. The fourth-order valence-corrected chi connectivity index (χ4v) is 2.70. The Morgan fingerprint density at radius 3 is 2.19 bits per heavy atom. The molecule has 0 bridgehead atoms. The molecule has 0 aliphatic carbocycles. The average molecular weight is 412 g/mol. The molecule has 27 heavy (non-hydrogen) atoms. The molecule has 0 spiro atoms. The molecule has 0 amide bonds. The minimum Gasteiger partial charge on any atom is -0.508 e. The summed E-state index contributed by atoms with van der Waals surface area (Å²) in [4.78, 5) is 5.13. The summed E-state index contributed by atoms with van der Waals surface area (Å²) in [6, 6.07) is 10.4. The summed E-state index contributed by atoms with van der Waals surface area (Å²) >= 11 is 12.0. The number of ether oxygens (including phenoxy) is 2. The van der Waals surface area contributed by atoms with E-state index in [-0.39, 0.29) is 11.9 Å². The molecule has 5 nitrogen and oxygen atoms in total. The van der Waals surface area contributed by atoms with Crippen molar-refractivity contribution in [2.75, 3.05) is 13.2 Å². The van der Waals surface area contributed by atoms with Gasteiger partial charge in [0, 0.05) is 12.1 Å². The molecule has 2 aromatic rings. The van der Waals surface area contributed by atoms with E-state index in [0.717, 1.165) is 24.2 Å². The van der Waals surface area contributed by atoms with Crippen LogP contribution in [-0.2, 0) is 4.84 Å². The molecular weight excluding hydrogens is 389 g/mol. The van der Waals surface area contributed by atoms with Crippen molar-refractivity contribution < 1.29 is 19.4 Å². The molecule has 7 heteroatoms. The van der Waals surface area contributed by atoms with Crippen molar-refractivity contribution >= 4 is 29.4 Å². The van der Waals surface area contributed by atoms with E-state index in [2.05, 4.69) is 5.16 Å². The van der Waals surface area contributed by atoms with E-state index in [1.807, 2.05) is 38.1 Å². The fraction of sp³-hybridized carbons (Fsp3) is 0.350. The van der Waals surface area contributed by atoms with E-state index >= 15 is 0 Å². The highest BCUT2D eigenvalue weighted by atomic mass is 35.5. The second-order valence-corrected chi connectivity index (χ2v) is 6.91. The third kappa shape index (κ3) is 7.57. The van der Waals surface area contributed by atoms with Gasteiger partial charge in [0.2, 0.25) is 0 Å². The quantitative estimate of drug-likeness (QED) is 0.309. The molecule has 146 valence electrons. The summed E-state index contributed by atoms with van der Waals surface area (Å²) in [5.41, 5.74) is 0.944.